The minimum atomic E-state index is 0.514. The van der Waals surface area contributed by atoms with Gasteiger partial charge in [-0.05, 0) is 26.7 Å². The Kier molecular flexibility index (Phi) is 2.69. The lowest BCUT2D eigenvalue weighted by Gasteiger charge is -2.26. The molecule has 1 atom stereocenters. The first-order valence-corrected chi connectivity index (χ1v) is 4.10. The number of hydrogen-bond acceptors (Lipinski definition) is 1. The Hall–Kier alpha value is -0.0800. The molecule has 0 aromatic heterocycles. The molecule has 0 spiro atoms. The number of rotatable bonds is 2. The van der Waals surface area contributed by atoms with Crippen LogP contribution in [0.5, 0.6) is 0 Å². The standard InChI is InChI=1S/C8H17N2/c1-7(2)10-6-4-5-8(10)9-3/h7-8H,4-6H2,1-3H3/t8-/m0/s1. The van der Waals surface area contributed by atoms with Crippen molar-refractivity contribution in [1.82, 2.24) is 10.2 Å². The molecule has 0 aromatic carbocycles. The van der Waals surface area contributed by atoms with E-state index >= 15 is 0 Å². The Balaban J connectivity index is 2.42. The minimum absolute atomic E-state index is 0.514. The summed E-state index contributed by atoms with van der Waals surface area (Å²) in [5, 5.41) is 4.32. The van der Waals surface area contributed by atoms with Gasteiger partial charge >= 0.3 is 0 Å². The van der Waals surface area contributed by atoms with E-state index in [-0.39, 0.29) is 0 Å². The fourth-order valence-corrected chi connectivity index (χ4v) is 1.65. The van der Waals surface area contributed by atoms with Gasteiger partial charge in [-0.1, -0.05) is 0 Å². The molecule has 0 saturated carbocycles. The average Bonchev–Trinajstić information content (AvgIpc) is 2.33. The van der Waals surface area contributed by atoms with E-state index in [1.807, 2.05) is 7.05 Å². The quantitative estimate of drug-likeness (QED) is 0.562. The molecule has 0 unspecified atom stereocenters. The Morgan fingerprint density at radius 3 is 2.60 bits per heavy atom. The molecule has 1 radical (unpaired) electrons. The third kappa shape index (κ3) is 1.50. The van der Waals surface area contributed by atoms with Gasteiger partial charge in [0, 0.05) is 19.6 Å². The van der Waals surface area contributed by atoms with Gasteiger partial charge in [-0.15, -0.1) is 0 Å². The van der Waals surface area contributed by atoms with E-state index in [4.69, 9.17) is 0 Å². The van der Waals surface area contributed by atoms with Crippen LogP contribution in [0.15, 0.2) is 0 Å². The van der Waals surface area contributed by atoms with Crippen LogP contribution in [0.25, 0.3) is 0 Å². The third-order valence-corrected chi connectivity index (χ3v) is 2.22. The average molecular weight is 141 g/mol. The summed E-state index contributed by atoms with van der Waals surface area (Å²) >= 11 is 0. The van der Waals surface area contributed by atoms with Crippen molar-refractivity contribution >= 4 is 0 Å². The molecule has 10 heavy (non-hydrogen) atoms. The van der Waals surface area contributed by atoms with Crippen molar-refractivity contribution in [3.63, 3.8) is 0 Å². The highest BCUT2D eigenvalue weighted by molar-refractivity contribution is 4.77. The summed E-state index contributed by atoms with van der Waals surface area (Å²) in [6.07, 6.45) is 3.09. The fraction of sp³-hybridized carbons (Fsp3) is 1.00. The zero-order valence-electron chi connectivity index (χ0n) is 7.17. The van der Waals surface area contributed by atoms with Crippen molar-refractivity contribution in [2.45, 2.75) is 38.9 Å². The Labute approximate surface area is 63.6 Å². The van der Waals surface area contributed by atoms with Crippen molar-refractivity contribution in [3.8, 4) is 0 Å². The maximum absolute atomic E-state index is 4.32. The van der Waals surface area contributed by atoms with Crippen LogP contribution in [-0.4, -0.2) is 30.7 Å². The topological polar surface area (TPSA) is 17.3 Å². The number of likely N-dealkylation sites (tertiary alicyclic amines) is 1. The first kappa shape index (κ1) is 8.02. The van der Waals surface area contributed by atoms with Gasteiger partial charge in [-0.25, -0.2) is 5.32 Å². The monoisotopic (exact) mass is 141 g/mol. The molecule has 2 heteroatoms. The van der Waals surface area contributed by atoms with Crippen LogP contribution in [-0.2, 0) is 0 Å². The maximum atomic E-state index is 4.32. The van der Waals surface area contributed by atoms with Gasteiger partial charge < -0.3 is 0 Å². The Morgan fingerprint density at radius 2 is 2.20 bits per heavy atom. The van der Waals surface area contributed by atoms with E-state index in [9.17, 15) is 0 Å². The second-order valence-electron chi connectivity index (χ2n) is 3.21. The van der Waals surface area contributed by atoms with Gasteiger partial charge in [0.15, 0.2) is 0 Å². The van der Waals surface area contributed by atoms with Crippen molar-refractivity contribution in [2.24, 2.45) is 0 Å². The molecule has 0 aromatic rings. The zero-order valence-corrected chi connectivity index (χ0v) is 7.17. The molecule has 1 fully saturated rings. The van der Waals surface area contributed by atoms with Gasteiger partial charge in [0.05, 0.1) is 6.17 Å². The molecular formula is C8H17N2. The Morgan fingerprint density at radius 1 is 1.50 bits per heavy atom. The molecule has 2 nitrogen and oxygen atoms in total. The number of hydrogen-bond donors (Lipinski definition) is 0. The smallest absolute Gasteiger partial charge is 0.0760 e. The van der Waals surface area contributed by atoms with Gasteiger partial charge in [0.1, 0.15) is 0 Å². The van der Waals surface area contributed by atoms with Crippen LogP contribution in [0, 0.1) is 0 Å². The van der Waals surface area contributed by atoms with Crippen LogP contribution in [0.1, 0.15) is 26.7 Å². The Bertz CT molecular complexity index is 101. The molecule has 1 heterocycles. The summed E-state index contributed by atoms with van der Waals surface area (Å²) in [5.41, 5.74) is 0. The first-order valence-electron chi connectivity index (χ1n) is 4.10. The molecule has 0 bridgehead atoms. The SMILES string of the molecule is C[N][C@@H]1CCCN1C(C)C. The maximum Gasteiger partial charge on any atom is 0.0760 e. The molecule has 59 valence electrons. The van der Waals surface area contributed by atoms with E-state index in [2.05, 4.69) is 24.1 Å². The highest BCUT2D eigenvalue weighted by Crippen LogP contribution is 2.17. The lowest BCUT2D eigenvalue weighted by molar-refractivity contribution is 0.180. The summed E-state index contributed by atoms with van der Waals surface area (Å²) in [4.78, 5) is 2.46. The molecule has 0 aliphatic carbocycles. The van der Waals surface area contributed by atoms with E-state index in [1.54, 1.807) is 0 Å². The molecular weight excluding hydrogens is 124 g/mol. The van der Waals surface area contributed by atoms with E-state index < -0.39 is 0 Å². The molecule has 1 rings (SSSR count). The van der Waals surface area contributed by atoms with Crippen LogP contribution in [0.2, 0.25) is 0 Å². The lowest BCUT2D eigenvalue weighted by atomic mass is 10.3. The van der Waals surface area contributed by atoms with Gasteiger partial charge in [0.25, 0.3) is 0 Å². The normalized spacial score (nSPS) is 28.2. The second-order valence-corrected chi connectivity index (χ2v) is 3.21. The summed E-state index contributed by atoms with van der Waals surface area (Å²) < 4.78 is 0. The zero-order chi connectivity index (χ0) is 7.56. The van der Waals surface area contributed by atoms with E-state index in [1.165, 1.54) is 19.4 Å². The predicted octanol–water partition coefficient (Wildman–Crippen LogP) is 1.05. The molecule has 1 aliphatic heterocycles. The van der Waals surface area contributed by atoms with Crippen LogP contribution >= 0.6 is 0 Å². The summed E-state index contributed by atoms with van der Waals surface area (Å²) in [5.74, 6) is 0. The summed E-state index contributed by atoms with van der Waals surface area (Å²) in [6.45, 7) is 5.71. The molecule has 1 saturated heterocycles. The van der Waals surface area contributed by atoms with Crippen LogP contribution in [0.4, 0.5) is 0 Å². The third-order valence-electron chi connectivity index (χ3n) is 2.22. The van der Waals surface area contributed by atoms with Crippen LogP contribution in [0.3, 0.4) is 0 Å². The predicted molar refractivity (Wildman–Crippen MR) is 42.9 cm³/mol. The van der Waals surface area contributed by atoms with E-state index in [0.29, 0.717) is 12.2 Å². The molecule has 1 aliphatic rings. The highest BCUT2D eigenvalue weighted by Gasteiger charge is 2.25. The minimum Gasteiger partial charge on any atom is -0.284 e. The summed E-state index contributed by atoms with van der Waals surface area (Å²) in [7, 11) is 1.92. The van der Waals surface area contributed by atoms with Crippen molar-refractivity contribution < 1.29 is 0 Å². The summed E-state index contributed by atoms with van der Waals surface area (Å²) in [6, 6.07) is 0.663. The largest absolute Gasteiger partial charge is 0.284 e. The van der Waals surface area contributed by atoms with E-state index in [0.717, 1.165) is 0 Å². The highest BCUT2D eigenvalue weighted by atomic mass is 15.3. The molecule has 0 N–H and O–H groups in total. The van der Waals surface area contributed by atoms with Gasteiger partial charge in [0.2, 0.25) is 0 Å². The van der Waals surface area contributed by atoms with Crippen molar-refractivity contribution in [2.75, 3.05) is 13.6 Å². The van der Waals surface area contributed by atoms with Gasteiger partial charge in [-0.3, -0.25) is 4.90 Å². The number of nitrogens with zero attached hydrogens (tertiary/aromatic N) is 2. The first-order chi connectivity index (χ1) is 4.75. The van der Waals surface area contributed by atoms with Gasteiger partial charge in [-0.2, -0.15) is 0 Å². The fourth-order valence-electron chi connectivity index (χ4n) is 1.65. The van der Waals surface area contributed by atoms with Crippen LogP contribution < -0.4 is 5.32 Å². The van der Waals surface area contributed by atoms with Crippen molar-refractivity contribution in [1.29, 1.82) is 0 Å². The lowest BCUT2D eigenvalue weighted by Crippen LogP contribution is -2.39. The molecule has 0 amide bonds. The second kappa shape index (κ2) is 3.35. The van der Waals surface area contributed by atoms with Crippen molar-refractivity contribution in [3.05, 3.63) is 0 Å².